The topological polar surface area (TPSA) is 112 Å². The smallest absolute Gasteiger partial charge is 0.220 e. The molecule has 12 heteroatoms. The molecule has 1 unspecified atom stereocenters. The van der Waals surface area contributed by atoms with Gasteiger partial charge in [0, 0.05) is 84.6 Å². The van der Waals surface area contributed by atoms with Gasteiger partial charge in [-0.1, -0.05) is 71.7 Å². The first-order chi connectivity index (χ1) is 25.2. The van der Waals surface area contributed by atoms with Crippen molar-refractivity contribution < 1.29 is 19.4 Å². The number of carbonyl (C=O) groups excluding carboxylic acids is 1. The minimum atomic E-state index is -0.413. The van der Waals surface area contributed by atoms with Crippen LogP contribution in [-0.4, -0.2) is 88.5 Å². The van der Waals surface area contributed by atoms with Crippen LogP contribution in [-0.2, 0) is 17.9 Å². The van der Waals surface area contributed by atoms with Crippen LogP contribution in [0.15, 0.2) is 60.7 Å². The second kappa shape index (κ2) is 14.2. The van der Waals surface area contributed by atoms with Crippen molar-refractivity contribution in [2.75, 3.05) is 40.4 Å². The number of hydrogen-bond acceptors (Lipinski definition) is 9. The van der Waals surface area contributed by atoms with Crippen molar-refractivity contribution in [3.63, 3.8) is 0 Å². The summed E-state index contributed by atoms with van der Waals surface area (Å²) < 4.78 is 11.6. The zero-order valence-corrected chi connectivity index (χ0v) is 31.1. The molecular formula is C40H44Cl2N6O4. The maximum Gasteiger partial charge on any atom is 0.220 e. The molecule has 4 aliphatic heterocycles. The number of pyridine rings is 2. The van der Waals surface area contributed by atoms with Crippen LogP contribution in [0.5, 0.6) is 11.8 Å². The molecule has 52 heavy (non-hydrogen) atoms. The van der Waals surface area contributed by atoms with E-state index in [2.05, 4.69) is 32.6 Å². The quantitative estimate of drug-likeness (QED) is 0.182. The number of carbonyl (C=O) groups is 1. The molecule has 272 valence electrons. The van der Waals surface area contributed by atoms with E-state index in [-0.39, 0.29) is 17.0 Å². The molecule has 3 atom stereocenters. The maximum atomic E-state index is 11.9. The lowest BCUT2D eigenvalue weighted by Crippen LogP contribution is -2.45. The Bertz CT molecular complexity index is 2010. The van der Waals surface area contributed by atoms with Gasteiger partial charge in [-0.25, -0.2) is 9.97 Å². The predicted octanol–water partition coefficient (Wildman–Crippen LogP) is 6.30. The van der Waals surface area contributed by atoms with E-state index in [0.29, 0.717) is 52.7 Å². The number of aromatic nitrogens is 2. The average molecular weight is 744 g/mol. The van der Waals surface area contributed by atoms with Gasteiger partial charge in [-0.2, -0.15) is 0 Å². The number of halogens is 2. The summed E-state index contributed by atoms with van der Waals surface area (Å²) >= 11 is 14.3. The Morgan fingerprint density at radius 3 is 1.75 bits per heavy atom. The number of nitrogens with zero attached hydrogens (tertiary/aromatic N) is 4. The number of amides is 1. The number of ether oxygens (including phenoxy) is 2. The number of aliphatic hydroxyl groups is 1. The molecule has 2 aromatic carbocycles. The van der Waals surface area contributed by atoms with E-state index in [1.165, 1.54) is 0 Å². The van der Waals surface area contributed by atoms with Crippen LogP contribution in [0, 0.1) is 0 Å². The molecule has 0 radical (unpaired) electrons. The van der Waals surface area contributed by atoms with Crippen LogP contribution in [0.1, 0.15) is 49.7 Å². The number of methoxy groups -OCH3 is 2. The Morgan fingerprint density at radius 1 is 0.750 bits per heavy atom. The maximum absolute atomic E-state index is 11.9. The van der Waals surface area contributed by atoms with Crippen LogP contribution < -0.4 is 20.1 Å². The number of hydrogen-bond donors (Lipinski definition) is 3. The Hall–Kier alpha value is -3.77. The monoisotopic (exact) mass is 742 g/mol. The highest BCUT2D eigenvalue weighted by Gasteiger charge is 2.44. The lowest BCUT2D eigenvalue weighted by atomic mass is 9.97. The molecule has 0 bridgehead atoms. The third-order valence-corrected chi connectivity index (χ3v) is 12.2. The number of rotatable bonds is 9. The SMILES string of the molecule is COc1nc(-c2cccc(-c3cccc(-c4ccc(CN5CC[C@@]6(CCC(O)N6)C5)c(OC)n4)c3Cl)c2Cl)ccc1CN1CC[C@]2(CCC(=O)N2)C1. The molecule has 1 amide bonds. The molecule has 0 saturated carbocycles. The van der Waals surface area contributed by atoms with Crippen molar-refractivity contribution in [3.05, 3.63) is 81.8 Å². The van der Waals surface area contributed by atoms with E-state index in [1.54, 1.807) is 14.2 Å². The minimum Gasteiger partial charge on any atom is -0.481 e. The number of nitrogens with one attached hydrogen (secondary N) is 2. The predicted molar refractivity (Wildman–Crippen MR) is 202 cm³/mol. The molecule has 6 heterocycles. The Labute approximate surface area is 314 Å². The van der Waals surface area contributed by atoms with Crippen molar-refractivity contribution in [1.82, 2.24) is 30.4 Å². The van der Waals surface area contributed by atoms with Crippen LogP contribution in [0.3, 0.4) is 0 Å². The van der Waals surface area contributed by atoms with Crippen molar-refractivity contribution >= 4 is 29.1 Å². The largest absolute Gasteiger partial charge is 0.481 e. The fourth-order valence-corrected chi connectivity index (χ4v) is 9.34. The van der Waals surface area contributed by atoms with Gasteiger partial charge < -0.3 is 19.9 Å². The van der Waals surface area contributed by atoms with Gasteiger partial charge in [0.15, 0.2) is 0 Å². The van der Waals surface area contributed by atoms with E-state index in [9.17, 15) is 9.90 Å². The second-order valence-corrected chi connectivity index (χ2v) is 15.5. The average Bonchev–Trinajstić information content (AvgIpc) is 3.93. The summed E-state index contributed by atoms with van der Waals surface area (Å²) in [5.41, 5.74) is 6.41. The molecule has 4 aromatic rings. The van der Waals surface area contributed by atoms with E-state index in [1.807, 2.05) is 48.5 Å². The molecule has 3 N–H and O–H groups in total. The van der Waals surface area contributed by atoms with Gasteiger partial charge in [-0.05, 0) is 44.2 Å². The highest BCUT2D eigenvalue weighted by Crippen LogP contribution is 2.43. The van der Waals surface area contributed by atoms with Gasteiger partial charge >= 0.3 is 0 Å². The lowest BCUT2D eigenvalue weighted by molar-refractivity contribution is -0.119. The summed E-state index contributed by atoms with van der Waals surface area (Å²) in [4.78, 5) is 26.5. The lowest BCUT2D eigenvalue weighted by Gasteiger charge is -2.25. The van der Waals surface area contributed by atoms with Gasteiger partial charge in [0.2, 0.25) is 17.7 Å². The highest BCUT2D eigenvalue weighted by atomic mass is 35.5. The molecule has 10 nitrogen and oxygen atoms in total. The molecule has 4 fully saturated rings. The summed E-state index contributed by atoms with van der Waals surface area (Å²) in [5.74, 6) is 1.27. The summed E-state index contributed by atoms with van der Waals surface area (Å²) in [5, 5.41) is 17.7. The van der Waals surface area contributed by atoms with E-state index >= 15 is 0 Å². The van der Waals surface area contributed by atoms with Gasteiger partial charge in [0.25, 0.3) is 0 Å². The van der Waals surface area contributed by atoms with Crippen LogP contribution in [0.25, 0.3) is 33.6 Å². The molecule has 2 spiro atoms. The van der Waals surface area contributed by atoms with E-state index in [0.717, 1.165) is 91.7 Å². The van der Waals surface area contributed by atoms with Crippen molar-refractivity contribution in [2.45, 2.75) is 68.9 Å². The first-order valence-corrected chi connectivity index (χ1v) is 18.8. The number of aliphatic hydroxyl groups excluding tert-OH is 1. The van der Waals surface area contributed by atoms with Gasteiger partial charge in [0.05, 0.1) is 41.2 Å². The van der Waals surface area contributed by atoms with E-state index < -0.39 is 6.23 Å². The number of likely N-dealkylation sites (tertiary alicyclic amines) is 2. The van der Waals surface area contributed by atoms with Crippen molar-refractivity contribution in [2.24, 2.45) is 0 Å². The fourth-order valence-electron chi connectivity index (χ4n) is 8.69. The molecule has 4 saturated heterocycles. The Morgan fingerprint density at radius 2 is 1.27 bits per heavy atom. The van der Waals surface area contributed by atoms with Crippen LogP contribution in [0.2, 0.25) is 10.0 Å². The van der Waals surface area contributed by atoms with Gasteiger partial charge in [-0.3, -0.25) is 19.9 Å². The molecule has 8 rings (SSSR count). The second-order valence-electron chi connectivity index (χ2n) is 14.8. The minimum absolute atomic E-state index is 0.00725. The fraction of sp³-hybridized carbons (Fsp3) is 0.425. The standard InChI is InChI=1S/C40H44Cl2N6O4/c1-51-37-25(21-47-19-17-39(23-47)15-13-33(49)45-39)9-11-31(43-37)29-7-3-5-27(35(29)41)28-6-4-8-30(36(28)42)32-12-10-26(38(44-32)52-2)22-48-20-18-40(24-48)16-14-34(50)46-40/h3-12,33,45,49H,13-24H2,1-2H3,(H,46,50)/t33?,39-,40+/m0/s1. The Kier molecular flexibility index (Phi) is 9.65. The van der Waals surface area contributed by atoms with Crippen molar-refractivity contribution in [3.8, 4) is 45.4 Å². The van der Waals surface area contributed by atoms with Crippen LogP contribution in [0.4, 0.5) is 0 Å². The summed E-state index contributed by atoms with van der Waals surface area (Å²) in [6.45, 7) is 4.97. The van der Waals surface area contributed by atoms with Gasteiger partial charge in [0.1, 0.15) is 6.23 Å². The van der Waals surface area contributed by atoms with Crippen molar-refractivity contribution in [1.29, 1.82) is 0 Å². The third kappa shape index (κ3) is 6.77. The summed E-state index contributed by atoms with van der Waals surface area (Å²) in [6.07, 6.45) is 4.84. The first kappa shape index (κ1) is 35.3. The molecule has 0 aliphatic carbocycles. The zero-order chi connectivity index (χ0) is 36.0. The van der Waals surface area contributed by atoms with E-state index in [4.69, 9.17) is 42.6 Å². The van der Waals surface area contributed by atoms with Gasteiger partial charge in [-0.15, -0.1) is 0 Å². The molecule has 2 aromatic heterocycles. The molecular weight excluding hydrogens is 699 g/mol. The first-order valence-electron chi connectivity index (χ1n) is 18.0. The highest BCUT2D eigenvalue weighted by molar-refractivity contribution is 6.39. The summed E-state index contributed by atoms with van der Waals surface area (Å²) in [6, 6.07) is 19.9. The summed E-state index contributed by atoms with van der Waals surface area (Å²) in [7, 11) is 3.28. The van der Waals surface area contributed by atoms with Crippen LogP contribution >= 0.6 is 23.2 Å². The normalized spacial score (nSPS) is 24.7. The third-order valence-electron chi connectivity index (χ3n) is 11.4. The number of benzene rings is 2. The zero-order valence-electron chi connectivity index (χ0n) is 29.6. The molecule has 4 aliphatic rings. The Balaban J connectivity index is 1.02.